The summed E-state index contributed by atoms with van der Waals surface area (Å²) in [7, 11) is -3.05. The Hall–Kier alpha value is -0.170. The first-order chi connectivity index (χ1) is 9.49. The maximum Gasteiger partial charge on any atom is 0.208 e. The molecule has 1 saturated carbocycles. The van der Waals surface area contributed by atoms with E-state index in [9.17, 15) is 8.42 Å². The second-order valence-corrected chi connectivity index (χ2v) is 8.09. The minimum Gasteiger partial charge on any atom is -0.375 e. The van der Waals surface area contributed by atoms with Crippen LogP contribution >= 0.6 is 0 Å². The van der Waals surface area contributed by atoms with Crippen molar-refractivity contribution in [3.8, 4) is 0 Å². The minimum atomic E-state index is -3.05. The van der Waals surface area contributed by atoms with Crippen LogP contribution in [0, 0.1) is 0 Å². The standard InChI is InChI=1S/C14H28N2O3S/c1-20(17,18)16-10-5-9-15-13-6-11-19-14(12-13)7-3-2-4-8-14/h13,15-16H,2-12H2,1H3. The predicted octanol–water partition coefficient (Wildman–Crippen LogP) is 1.40. The van der Waals surface area contributed by atoms with Crippen LogP contribution in [0.1, 0.15) is 51.4 Å². The minimum absolute atomic E-state index is 0.138. The first-order valence-electron chi connectivity index (χ1n) is 7.81. The number of ether oxygens (including phenoxy) is 1. The topological polar surface area (TPSA) is 67.4 Å². The van der Waals surface area contributed by atoms with Gasteiger partial charge in [0.1, 0.15) is 0 Å². The summed E-state index contributed by atoms with van der Waals surface area (Å²) < 4.78 is 30.5. The second kappa shape index (κ2) is 7.20. The van der Waals surface area contributed by atoms with E-state index in [1.54, 1.807) is 0 Å². The molecule has 5 nitrogen and oxygen atoms in total. The quantitative estimate of drug-likeness (QED) is 0.728. The van der Waals surface area contributed by atoms with E-state index in [-0.39, 0.29) is 5.60 Å². The summed E-state index contributed by atoms with van der Waals surface area (Å²) in [6, 6.07) is 0.528. The van der Waals surface area contributed by atoms with Crippen LogP contribution in [0.5, 0.6) is 0 Å². The van der Waals surface area contributed by atoms with Gasteiger partial charge < -0.3 is 10.1 Å². The molecule has 0 aromatic rings. The van der Waals surface area contributed by atoms with Crippen molar-refractivity contribution in [2.75, 3.05) is 26.0 Å². The van der Waals surface area contributed by atoms with Gasteiger partial charge in [0.2, 0.25) is 10.0 Å². The van der Waals surface area contributed by atoms with Crippen LogP contribution in [-0.4, -0.2) is 46.0 Å². The fourth-order valence-electron chi connectivity index (χ4n) is 3.40. The highest BCUT2D eigenvalue weighted by molar-refractivity contribution is 7.88. The Bertz CT molecular complexity index is 386. The number of rotatable bonds is 6. The zero-order valence-corrected chi connectivity index (χ0v) is 13.3. The first-order valence-corrected chi connectivity index (χ1v) is 9.70. The third kappa shape index (κ3) is 5.31. The van der Waals surface area contributed by atoms with Gasteiger partial charge in [-0.1, -0.05) is 19.3 Å². The van der Waals surface area contributed by atoms with Gasteiger partial charge in [-0.2, -0.15) is 0 Å². The summed E-state index contributed by atoms with van der Waals surface area (Å²) in [5, 5.41) is 3.56. The van der Waals surface area contributed by atoms with E-state index in [1.165, 1.54) is 38.4 Å². The van der Waals surface area contributed by atoms with E-state index in [0.29, 0.717) is 12.6 Å². The molecule has 0 aromatic carbocycles. The van der Waals surface area contributed by atoms with E-state index < -0.39 is 10.0 Å². The molecule has 1 aliphatic heterocycles. The average molecular weight is 304 g/mol. The number of hydrogen-bond acceptors (Lipinski definition) is 4. The van der Waals surface area contributed by atoms with Crippen molar-refractivity contribution in [2.45, 2.75) is 63.0 Å². The third-order valence-electron chi connectivity index (χ3n) is 4.41. The second-order valence-electron chi connectivity index (χ2n) is 6.26. The van der Waals surface area contributed by atoms with Crippen molar-refractivity contribution in [1.29, 1.82) is 0 Å². The van der Waals surface area contributed by atoms with Crippen LogP contribution in [0.2, 0.25) is 0 Å². The Balaban J connectivity index is 1.65. The lowest BCUT2D eigenvalue weighted by Crippen LogP contribution is -2.48. The molecule has 2 fully saturated rings. The van der Waals surface area contributed by atoms with Gasteiger partial charge in [0.05, 0.1) is 11.9 Å². The Kier molecular flexibility index (Phi) is 5.84. The van der Waals surface area contributed by atoms with Crippen molar-refractivity contribution >= 4 is 10.0 Å². The molecule has 1 spiro atoms. The molecule has 2 rings (SSSR count). The van der Waals surface area contributed by atoms with E-state index in [4.69, 9.17) is 4.74 Å². The summed E-state index contributed by atoms with van der Waals surface area (Å²) in [6.07, 6.45) is 10.6. The van der Waals surface area contributed by atoms with Crippen LogP contribution in [0.4, 0.5) is 0 Å². The van der Waals surface area contributed by atoms with Gasteiger partial charge in [0, 0.05) is 19.2 Å². The van der Waals surface area contributed by atoms with Crippen LogP contribution in [0.15, 0.2) is 0 Å². The molecule has 1 heterocycles. The zero-order valence-electron chi connectivity index (χ0n) is 12.5. The summed E-state index contributed by atoms with van der Waals surface area (Å²) >= 11 is 0. The lowest BCUT2D eigenvalue weighted by Gasteiger charge is -2.43. The molecule has 0 radical (unpaired) electrons. The molecule has 1 atom stereocenters. The molecule has 20 heavy (non-hydrogen) atoms. The molecule has 0 amide bonds. The average Bonchev–Trinajstić information content (AvgIpc) is 2.38. The maximum absolute atomic E-state index is 11.0. The highest BCUT2D eigenvalue weighted by atomic mass is 32.2. The van der Waals surface area contributed by atoms with Crippen LogP contribution in [0.25, 0.3) is 0 Å². The number of sulfonamides is 1. The largest absolute Gasteiger partial charge is 0.375 e. The van der Waals surface area contributed by atoms with E-state index >= 15 is 0 Å². The third-order valence-corrected chi connectivity index (χ3v) is 5.14. The van der Waals surface area contributed by atoms with Crippen molar-refractivity contribution < 1.29 is 13.2 Å². The van der Waals surface area contributed by atoms with Crippen LogP contribution < -0.4 is 10.0 Å². The first kappa shape index (κ1) is 16.2. The highest BCUT2D eigenvalue weighted by Crippen LogP contribution is 2.38. The fraction of sp³-hybridized carbons (Fsp3) is 1.00. The Labute approximate surface area is 122 Å². The number of nitrogens with one attached hydrogen (secondary N) is 2. The monoisotopic (exact) mass is 304 g/mol. The van der Waals surface area contributed by atoms with Gasteiger partial charge in [-0.25, -0.2) is 13.1 Å². The summed E-state index contributed by atoms with van der Waals surface area (Å²) in [5.74, 6) is 0. The summed E-state index contributed by atoms with van der Waals surface area (Å²) in [4.78, 5) is 0. The molecule has 2 N–H and O–H groups in total. The molecule has 0 bridgehead atoms. The van der Waals surface area contributed by atoms with Gasteiger partial charge in [0.15, 0.2) is 0 Å². The molecular weight excluding hydrogens is 276 g/mol. The normalized spacial score (nSPS) is 26.8. The van der Waals surface area contributed by atoms with Gasteiger partial charge in [-0.15, -0.1) is 0 Å². The predicted molar refractivity (Wildman–Crippen MR) is 80.3 cm³/mol. The SMILES string of the molecule is CS(=O)(=O)NCCCNC1CCOC2(CCCCC2)C1. The molecule has 1 aliphatic carbocycles. The zero-order chi connectivity index (χ0) is 14.5. The lowest BCUT2D eigenvalue weighted by molar-refractivity contribution is -0.109. The summed E-state index contributed by atoms with van der Waals surface area (Å²) in [5.41, 5.74) is 0.138. The van der Waals surface area contributed by atoms with Crippen molar-refractivity contribution in [1.82, 2.24) is 10.0 Å². The van der Waals surface area contributed by atoms with Crippen LogP contribution in [0.3, 0.4) is 0 Å². The Morgan fingerprint density at radius 3 is 2.65 bits per heavy atom. The molecule has 1 unspecified atom stereocenters. The van der Waals surface area contributed by atoms with Gasteiger partial charge in [-0.05, 0) is 38.6 Å². The molecule has 0 aromatic heterocycles. The van der Waals surface area contributed by atoms with Gasteiger partial charge in [-0.3, -0.25) is 0 Å². The molecule has 2 aliphatic rings. The molecule has 118 valence electrons. The fourth-order valence-corrected chi connectivity index (χ4v) is 3.91. The molecule has 6 heteroatoms. The van der Waals surface area contributed by atoms with Crippen molar-refractivity contribution in [3.63, 3.8) is 0 Å². The molecular formula is C14H28N2O3S. The van der Waals surface area contributed by atoms with Crippen molar-refractivity contribution in [2.24, 2.45) is 0 Å². The Morgan fingerprint density at radius 1 is 1.20 bits per heavy atom. The van der Waals surface area contributed by atoms with E-state index in [2.05, 4.69) is 10.0 Å². The highest BCUT2D eigenvalue weighted by Gasteiger charge is 2.38. The van der Waals surface area contributed by atoms with Crippen LogP contribution in [-0.2, 0) is 14.8 Å². The van der Waals surface area contributed by atoms with Gasteiger partial charge in [0.25, 0.3) is 0 Å². The van der Waals surface area contributed by atoms with Gasteiger partial charge >= 0.3 is 0 Å². The van der Waals surface area contributed by atoms with Crippen molar-refractivity contribution in [3.05, 3.63) is 0 Å². The summed E-state index contributed by atoms with van der Waals surface area (Å²) in [6.45, 7) is 2.24. The molecule has 1 saturated heterocycles. The Morgan fingerprint density at radius 2 is 1.95 bits per heavy atom. The smallest absolute Gasteiger partial charge is 0.208 e. The maximum atomic E-state index is 11.0. The van der Waals surface area contributed by atoms with E-state index in [1.807, 2.05) is 0 Å². The lowest BCUT2D eigenvalue weighted by atomic mass is 9.78. The van der Waals surface area contributed by atoms with E-state index in [0.717, 1.165) is 32.4 Å². The number of hydrogen-bond donors (Lipinski definition) is 2.